The molecule has 0 radical (unpaired) electrons. The van der Waals surface area contributed by atoms with Crippen molar-refractivity contribution in [3.05, 3.63) is 23.7 Å². The Morgan fingerprint density at radius 1 is 1.48 bits per heavy atom. The summed E-state index contributed by atoms with van der Waals surface area (Å²) in [5, 5.41) is 18.2. The van der Waals surface area contributed by atoms with Crippen LogP contribution in [0.5, 0.6) is 11.5 Å². The molecule has 7 nitrogen and oxygen atoms in total. The number of benzene rings is 1. The molecule has 3 unspecified atom stereocenters. The molecule has 3 rings (SSSR count). The van der Waals surface area contributed by atoms with Crippen molar-refractivity contribution in [2.75, 3.05) is 20.2 Å². The molecule has 1 aliphatic rings. The monoisotopic (exact) mass is 426 g/mol. The second-order valence-corrected chi connectivity index (χ2v) is 7.68. The average molecular weight is 426 g/mol. The molecule has 3 N–H and O–H groups in total. The molecule has 0 amide bonds. The first kappa shape index (κ1) is 21.6. The van der Waals surface area contributed by atoms with Gasteiger partial charge in [0, 0.05) is 30.2 Å². The summed E-state index contributed by atoms with van der Waals surface area (Å²) in [6, 6.07) is 3.46. The zero-order valence-corrected chi connectivity index (χ0v) is 17.0. The number of alkyl halides is 2. The first-order chi connectivity index (χ1) is 13.9. The van der Waals surface area contributed by atoms with Crippen LogP contribution in [0.15, 0.2) is 28.7 Å². The Morgan fingerprint density at radius 2 is 2.24 bits per heavy atom. The van der Waals surface area contributed by atoms with Crippen LogP contribution in [-0.4, -0.2) is 61.3 Å². The molecule has 2 aromatic rings. The van der Waals surface area contributed by atoms with Gasteiger partial charge >= 0.3 is 6.11 Å². The number of hydrogen-bond acceptors (Lipinski definition) is 8. The van der Waals surface area contributed by atoms with Crippen molar-refractivity contribution in [2.24, 2.45) is 4.99 Å². The minimum Gasteiger partial charge on any atom is -0.489 e. The number of aromatic nitrogens is 1. The summed E-state index contributed by atoms with van der Waals surface area (Å²) in [6.07, 6.45) is -3.20. The van der Waals surface area contributed by atoms with Crippen molar-refractivity contribution in [3.63, 3.8) is 0 Å². The van der Waals surface area contributed by atoms with Gasteiger partial charge in [0.05, 0.1) is 5.56 Å². The molecule has 1 aliphatic heterocycles. The number of hydrogen-bond donors (Lipinski definition) is 3. The number of thiazole rings is 1. The highest BCUT2D eigenvalue weighted by atomic mass is 32.1. The van der Waals surface area contributed by atoms with Gasteiger partial charge in [-0.15, -0.1) is 11.3 Å². The normalized spacial score (nSPS) is 20.0. The molecule has 1 aromatic heterocycles. The fraction of sp³-hybridized carbons (Fsp3) is 0.474. The number of aliphatic hydroxyl groups is 1. The number of ether oxygens (including phenoxy) is 2. The van der Waals surface area contributed by atoms with Crippen LogP contribution < -0.4 is 20.1 Å². The number of aliphatic hydroxyl groups excluding tert-OH is 1. The Bertz CT molecular complexity index is 827. The average Bonchev–Trinajstić information content (AvgIpc) is 3.17. The van der Waals surface area contributed by atoms with Gasteiger partial charge in [-0.05, 0) is 39.2 Å². The molecule has 3 atom stereocenters. The highest BCUT2D eigenvalue weighted by Crippen LogP contribution is 2.46. The second kappa shape index (κ2) is 9.12. The molecule has 1 saturated heterocycles. The molecular formula is C19H24F2N4O3S. The maximum atomic E-state index is 13.9. The first-order valence-corrected chi connectivity index (χ1v) is 10.1. The minimum atomic E-state index is -3.78. The summed E-state index contributed by atoms with van der Waals surface area (Å²) in [4.78, 5) is 8.16. The Morgan fingerprint density at radius 3 is 2.83 bits per heavy atom. The Balaban J connectivity index is 1.88. The number of nitrogens with zero attached hydrogens (tertiary/aromatic N) is 2. The van der Waals surface area contributed by atoms with Gasteiger partial charge in [-0.1, -0.05) is 0 Å². The fourth-order valence-electron chi connectivity index (χ4n) is 3.03. The fourth-order valence-corrected chi connectivity index (χ4v) is 3.69. The van der Waals surface area contributed by atoms with Crippen LogP contribution >= 0.6 is 11.3 Å². The van der Waals surface area contributed by atoms with E-state index in [-0.39, 0.29) is 23.2 Å². The van der Waals surface area contributed by atoms with Gasteiger partial charge in [0.25, 0.3) is 0 Å². The predicted molar refractivity (Wildman–Crippen MR) is 109 cm³/mol. The first-order valence-electron chi connectivity index (χ1n) is 9.17. The molecule has 0 spiro atoms. The predicted octanol–water partition coefficient (Wildman–Crippen LogP) is 2.82. The molecule has 0 bridgehead atoms. The van der Waals surface area contributed by atoms with Gasteiger partial charge in [0.2, 0.25) is 0 Å². The molecule has 0 aliphatic carbocycles. The molecule has 1 fully saturated rings. The molecule has 1 aromatic carbocycles. The van der Waals surface area contributed by atoms with Crippen molar-refractivity contribution in [1.82, 2.24) is 15.6 Å². The Hall–Kier alpha value is -2.14. The summed E-state index contributed by atoms with van der Waals surface area (Å²) in [6.45, 7) is 5.63. The van der Waals surface area contributed by atoms with E-state index in [1.54, 1.807) is 12.3 Å². The van der Waals surface area contributed by atoms with Crippen LogP contribution in [0.3, 0.4) is 0 Å². The van der Waals surface area contributed by atoms with Crippen LogP contribution in [0.2, 0.25) is 0 Å². The van der Waals surface area contributed by atoms with E-state index in [4.69, 9.17) is 9.47 Å². The van der Waals surface area contributed by atoms with Gasteiger partial charge in [0.1, 0.15) is 17.3 Å². The maximum absolute atomic E-state index is 13.9. The molecular weight excluding hydrogens is 402 g/mol. The molecule has 158 valence electrons. The lowest BCUT2D eigenvalue weighted by molar-refractivity contribution is -0.233. The molecule has 29 heavy (non-hydrogen) atoms. The summed E-state index contributed by atoms with van der Waals surface area (Å²) in [5.74, 6) is 0.0449. The van der Waals surface area contributed by atoms with Crippen LogP contribution in [0.1, 0.15) is 13.3 Å². The van der Waals surface area contributed by atoms with E-state index in [0.717, 1.165) is 19.9 Å². The summed E-state index contributed by atoms with van der Waals surface area (Å²) >= 11 is 1.39. The number of aliphatic imine (C=N–C) groups is 1. The Labute approximate surface area is 171 Å². The van der Waals surface area contributed by atoms with E-state index in [9.17, 15) is 13.9 Å². The Kier molecular flexibility index (Phi) is 6.78. The van der Waals surface area contributed by atoms with Crippen LogP contribution in [0.4, 0.5) is 14.5 Å². The third-order valence-corrected chi connectivity index (χ3v) is 5.37. The minimum absolute atomic E-state index is 0.0455. The summed E-state index contributed by atoms with van der Waals surface area (Å²) < 4.78 is 38.6. The highest BCUT2D eigenvalue weighted by Gasteiger charge is 2.39. The van der Waals surface area contributed by atoms with Gasteiger partial charge in [-0.3, -0.25) is 4.99 Å². The maximum Gasteiger partial charge on any atom is 0.424 e. The lowest BCUT2D eigenvalue weighted by Gasteiger charge is -2.37. The molecule has 10 heteroatoms. The van der Waals surface area contributed by atoms with Crippen molar-refractivity contribution in [1.29, 1.82) is 0 Å². The van der Waals surface area contributed by atoms with Crippen molar-refractivity contribution >= 4 is 23.7 Å². The third kappa shape index (κ3) is 4.89. The summed E-state index contributed by atoms with van der Waals surface area (Å²) in [5.41, 5.74) is 0.658. The van der Waals surface area contributed by atoms with Gasteiger partial charge in [-0.25, -0.2) is 4.98 Å². The van der Waals surface area contributed by atoms with E-state index in [2.05, 4.69) is 27.3 Å². The number of likely N-dealkylation sites (N-methyl/N-ethyl adjacent to an activating group) is 1. The topological polar surface area (TPSA) is 88.0 Å². The molecule has 2 heterocycles. The van der Waals surface area contributed by atoms with Crippen molar-refractivity contribution < 1.29 is 23.4 Å². The van der Waals surface area contributed by atoms with Gasteiger partial charge in [-0.2, -0.15) is 8.78 Å². The number of rotatable bonds is 10. The quantitative estimate of drug-likeness (QED) is 0.507. The van der Waals surface area contributed by atoms with Crippen LogP contribution in [0, 0.1) is 0 Å². The van der Waals surface area contributed by atoms with E-state index >= 15 is 0 Å². The van der Waals surface area contributed by atoms with Crippen molar-refractivity contribution in [3.8, 4) is 22.1 Å². The van der Waals surface area contributed by atoms with E-state index in [1.165, 1.54) is 17.4 Å². The second-order valence-electron chi connectivity index (χ2n) is 6.79. The number of halogens is 2. The highest BCUT2D eigenvalue weighted by molar-refractivity contribution is 7.13. The van der Waals surface area contributed by atoms with Crippen LogP contribution in [0.25, 0.3) is 10.6 Å². The standard InChI is InChI=1S/C19H24F2N4O3S/c1-11(26)19(20,21)28-15-5-4-14(18-24-6-7-29-18)17(16(15)23-3)27-10-13-8-12(25-13)9-22-2/h4-7,11-13,22,25-26H,3,8-10H2,1-2H3. The van der Waals surface area contributed by atoms with E-state index < -0.39 is 12.2 Å². The van der Waals surface area contributed by atoms with Crippen LogP contribution in [-0.2, 0) is 0 Å². The third-order valence-electron chi connectivity index (χ3n) is 4.57. The smallest absolute Gasteiger partial charge is 0.424 e. The number of nitrogens with one attached hydrogen (secondary N) is 2. The zero-order valence-electron chi connectivity index (χ0n) is 16.2. The lowest BCUT2D eigenvalue weighted by atomic mass is 9.98. The van der Waals surface area contributed by atoms with Gasteiger partial charge < -0.3 is 25.2 Å². The SMILES string of the molecule is C=Nc1c(OC(F)(F)C(C)O)ccc(-c2nccs2)c1OCC1CC(CNC)N1. The largest absolute Gasteiger partial charge is 0.489 e. The van der Waals surface area contributed by atoms with Gasteiger partial charge in [0.15, 0.2) is 17.6 Å². The van der Waals surface area contributed by atoms with Crippen molar-refractivity contribution in [2.45, 2.75) is 37.6 Å². The summed E-state index contributed by atoms with van der Waals surface area (Å²) in [7, 11) is 1.89. The lowest BCUT2D eigenvalue weighted by Crippen LogP contribution is -2.58. The molecule has 0 saturated carbocycles. The van der Waals surface area contributed by atoms with E-state index in [0.29, 0.717) is 23.2 Å². The zero-order chi connectivity index (χ0) is 21.0. The van der Waals surface area contributed by atoms with E-state index in [1.807, 2.05) is 12.4 Å².